The van der Waals surface area contributed by atoms with Crippen molar-refractivity contribution in [1.82, 2.24) is 14.9 Å². The lowest BCUT2D eigenvalue weighted by Gasteiger charge is -2.12. The predicted octanol–water partition coefficient (Wildman–Crippen LogP) is 4.60. The number of amides is 1. The highest BCUT2D eigenvalue weighted by Gasteiger charge is 2.10. The zero-order chi connectivity index (χ0) is 19.2. The summed E-state index contributed by atoms with van der Waals surface area (Å²) in [5.74, 6) is -0.0745. The molecule has 2 N–H and O–H groups in total. The van der Waals surface area contributed by atoms with Crippen molar-refractivity contribution in [2.45, 2.75) is 13.0 Å². The van der Waals surface area contributed by atoms with E-state index in [-0.39, 0.29) is 5.91 Å². The third-order valence-electron chi connectivity index (χ3n) is 4.61. The van der Waals surface area contributed by atoms with Crippen molar-refractivity contribution < 1.29 is 4.79 Å². The van der Waals surface area contributed by atoms with E-state index in [1.165, 1.54) is 0 Å². The average molecular weight is 370 g/mol. The van der Waals surface area contributed by atoms with E-state index in [4.69, 9.17) is 0 Å². The van der Waals surface area contributed by atoms with Crippen LogP contribution in [0.5, 0.6) is 0 Å². The second-order valence-electron chi connectivity index (χ2n) is 6.57. The van der Waals surface area contributed by atoms with Gasteiger partial charge in [-0.3, -0.25) is 4.79 Å². The van der Waals surface area contributed by atoms with Crippen molar-refractivity contribution in [3.8, 4) is 0 Å². The quantitative estimate of drug-likeness (QED) is 0.468. The molecule has 5 nitrogen and oxygen atoms in total. The summed E-state index contributed by atoms with van der Waals surface area (Å²) in [6.45, 7) is 1.41. The normalized spacial score (nSPS) is 10.7. The van der Waals surface area contributed by atoms with Crippen LogP contribution in [0.25, 0.3) is 11.0 Å². The summed E-state index contributed by atoms with van der Waals surface area (Å²) in [5.41, 5.74) is 4.50. The molecule has 1 heterocycles. The van der Waals surface area contributed by atoms with Crippen LogP contribution in [0.15, 0.2) is 85.2 Å². The van der Waals surface area contributed by atoms with Crippen LogP contribution in [0.4, 0.5) is 11.4 Å². The summed E-state index contributed by atoms with van der Waals surface area (Å²) in [6.07, 6.45) is 2.69. The minimum atomic E-state index is -0.0745. The number of nitrogens with zero attached hydrogens (tertiary/aromatic N) is 2. The van der Waals surface area contributed by atoms with Gasteiger partial charge in [0.15, 0.2) is 0 Å². The van der Waals surface area contributed by atoms with E-state index in [0.717, 1.165) is 35.4 Å². The smallest absolute Gasteiger partial charge is 0.253 e. The lowest BCUT2D eigenvalue weighted by atomic mass is 10.1. The summed E-state index contributed by atoms with van der Waals surface area (Å²) in [5, 5.41) is 6.34. The number of aryl methyl sites for hydroxylation is 1. The predicted molar refractivity (Wildman–Crippen MR) is 113 cm³/mol. The Morgan fingerprint density at radius 1 is 0.893 bits per heavy atom. The third-order valence-corrected chi connectivity index (χ3v) is 4.61. The Kier molecular flexibility index (Phi) is 5.33. The van der Waals surface area contributed by atoms with E-state index < -0.39 is 0 Å². The summed E-state index contributed by atoms with van der Waals surface area (Å²) in [6, 6.07) is 25.5. The van der Waals surface area contributed by atoms with Crippen molar-refractivity contribution in [3.05, 3.63) is 90.8 Å². The number of imidazole rings is 1. The van der Waals surface area contributed by atoms with Crippen LogP contribution in [0.2, 0.25) is 0 Å². The maximum Gasteiger partial charge on any atom is 0.253 e. The molecule has 1 amide bonds. The lowest BCUT2D eigenvalue weighted by Crippen LogP contribution is -2.26. The van der Waals surface area contributed by atoms with Gasteiger partial charge in [-0.2, -0.15) is 0 Å². The zero-order valence-electron chi connectivity index (χ0n) is 15.5. The number of carbonyl (C=O) groups excluding carboxylic acids is 1. The second kappa shape index (κ2) is 8.39. The van der Waals surface area contributed by atoms with Crippen LogP contribution < -0.4 is 10.6 Å². The van der Waals surface area contributed by atoms with E-state index in [1.54, 1.807) is 0 Å². The van der Waals surface area contributed by atoms with Gasteiger partial charge in [0, 0.05) is 18.8 Å². The highest BCUT2D eigenvalue weighted by Crippen LogP contribution is 2.20. The highest BCUT2D eigenvalue weighted by atomic mass is 16.1. The molecule has 0 unspecified atom stereocenters. The first-order valence-corrected chi connectivity index (χ1v) is 9.40. The maximum absolute atomic E-state index is 12.7. The topological polar surface area (TPSA) is 59.0 Å². The minimum Gasteiger partial charge on any atom is -0.355 e. The molecule has 0 spiro atoms. The van der Waals surface area contributed by atoms with Gasteiger partial charge >= 0.3 is 0 Å². The molecule has 1 aromatic heterocycles. The molecule has 0 bridgehead atoms. The summed E-state index contributed by atoms with van der Waals surface area (Å²) in [7, 11) is 0. The van der Waals surface area contributed by atoms with Gasteiger partial charge in [0.2, 0.25) is 0 Å². The summed E-state index contributed by atoms with van der Waals surface area (Å²) < 4.78 is 2.12. The molecule has 0 atom stereocenters. The molecule has 0 aliphatic heterocycles. The first-order valence-electron chi connectivity index (χ1n) is 9.40. The van der Waals surface area contributed by atoms with Crippen molar-refractivity contribution in [2.24, 2.45) is 0 Å². The molecule has 0 aliphatic carbocycles. The molecule has 3 aromatic carbocycles. The third kappa shape index (κ3) is 4.04. The summed E-state index contributed by atoms with van der Waals surface area (Å²) in [4.78, 5) is 17.1. The fourth-order valence-corrected chi connectivity index (χ4v) is 3.20. The SMILES string of the molecule is O=C(NCCCn1cnc2ccccc21)c1ccccc1Nc1ccccc1. The van der Waals surface area contributed by atoms with Gasteiger partial charge in [-0.15, -0.1) is 0 Å². The van der Waals surface area contributed by atoms with Gasteiger partial charge in [0.1, 0.15) is 0 Å². The molecular weight excluding hydrogens is 348 g/mol. The minimum absolute atomic E-state index is 0.0745. The van der Waals surface area contributed by atoms with E-state index in [1.807, 2.05) is 79.1 Å². The van der Waals surface area contributed by atoms with Crippen LogP contribution in [-0.2, 0) is 6.54 Å². The summed E-state index contributed by atoms with van der Waals surface area (Å²) >= 11 is 0. The van der Waals surface area contributed by atoms with Gasteiger partial charge < -0.3 is 15.2 Å². The van der Waals surface area contributed by atoms with Gasteiger partial charge in [-0.05, 0) is 42.8 Å². The fourth-order valence-electron chi connectivity index (χ4n) is 3.20. The van der Waals surface area contributed by atoms with Crippen LogP contribution in [0, 0.1) is 0 Å². The van der Waals surface area contributed by atoms with Crippen molar-refractivity contribution >= 4 is 28.3 Å². The van der Waals surface area contributed by atoms with Crippen molar-refractivity contribution in [1.29, 1.82) is 0 Å². The van der Waals surface area contributed by atoms with Gasteiger partial charge in [0.25, 0.3) is 5.91 Å². The fraction of sp³-hybridized carbons (Fsp3) is 0.130. The number of anilines is 2. The van der Waals surface area contributed by atoms with E-state index >= 15 is 0 Å². The molecule has 4 rings (SSSR count). The first-order chi connectivity index (χ1) is 13.8. The molecule has 4 aromatic rings. The molecule has 140 valence electrons. The van der Waals surface area contributed by atoms with Crippen molar-refractivity contribution in [2.75, 3.05) is 11.9 Å². The van der Waals surface area contributed by atoms with E-state index in [2.05, 4.69) is 26.3 Å². The molecule has 0 fully saturated rings. The Bertz CT molecular complexity index is 1070. The average Bonchev–Trinajstić information content (AvgIpc) is 3.15. The zero-order valence-corrected chi connectivity index (χ0v) is 15.5. The first kappa shape index (κ1) is 17.8. The Balaban J connectivity index is 1.35. The molecule has 0 aliphatic rings. The van der Waals surface area contributed by atoms with Crippen molar-refractivity contribution in [3.63, 3.8) is 0 Å². The number of hydrogen-bond acceptors (Lipinski definition) is 3. The molecule has 28 heavy (non-hydrogen) atoms. The standard InChI is InChI=1S/C23H22N4O/c28-23(19-11-4-5-12-20(19)26-18-9-2-1-3-10-18)24-15-8-16-27-17-25-21-13-6-7-14-22(21)27/h1-7,9-14,17,26H,8,15-16H2,(H,24,28). The number of rotatable bonds is 7. The Morgan fingerprint density at radius 2 is 1.64 bits per heavy atom. The molecule has 0 saturated carbocycles. The number of aromatic nitrogens is 2. The molecule has 0 radical (unpaired) electrons. The Morgan fingerprint density at radius 3 is 2.54 bits per heavy atom. The van der Waals surface area contributed by atoms with E-state index in [0.29, 0.717) is 12.1 Å². The number of nitrogens with one attached hydrogen (secondary N) is 2. The Hall–Kier alpha value is -3.60. The number of benzene rings is 3. The highest BCUT2D eigenvalue weighted by molar-refractivity contribution is 6.00. The number of para-hydroxylation sites is 4. The van der Waals surface area contributed by atoms with Crippen LogP contribution in [0.3, 0.4) is 0 Å². The number of carbonyl (C=O) groups is 1. The van der Waals surface area contributed by atoms with Gasteiger partial charge in [-0.1, -0.05) is 42.5 Å². The lowest BCUT2D eigenvalue weighted by molar-refractivity contribution is 0.0953. The van der Waals surface area contributed by atoms with Crippen LogP contribution in [0.1, 0.15) is 16.8 Å². The Labute approximate surface area is 164 Å². The van der Waals surface area contributed by atoms with E-state index in [9.17, 15) is 4.79 Å². The monoisotopic (exact) mass is 370 g/mol. The van der Waals surface area contributed by atoms with Gasteiger partial charge in [-0.25, -0.2) is 4.98 Å². The van der Waals surface area contributed by atoms with Gasteiger partial charge in [0.05, 0.1) is 28.6 Å². The molecular formula is C23H22N4O. The molecule has 0 saturated heterocycles. The largest absolute Gasteiger partial charge is 0.355 e. The molecule has 5 heteroatoms. The second-order valence-corrected chi connectivity index (χ2v) is 6.57. The number of fused-ring (bicyclic) bond motifs is 1. The van der Waals surface area contributed by atoms with Crippen LogP contribution in [-0.4, -0.2) is 22.0 Å². The van der Waals surface area contributed by atoms with Crippen LogP contribution >= 0.6 is 0 Å². The number of hydrogen-bond donors (Lipinski definition) is 2. The maximum atomic E-state index is 12.7.